The lowest BCUT2D eigenvalue weighted by Crippen LogP contribution is -2.55. The largest absolute Gasteiger partial charge is 0.394 e. The molecule has 4 rings (SSSR count). The van der Waals surface area contributed by atoms with E-state index in [-0.39, 0.29) is 0 Å². The fourth-order valence-electron chi connectivity index (χ4n) is 3.73. The van der Waals surface area contributed by atoms with Gasteiger partial charge in [0.2, 0.25) is 0 Å². The van der Waals surface area contributed by atoms with Crippen molar-refractivity contribution in [2.75, 3.05) is 6.61 Å². The van der Waals surface area contributed by atoms with Gasteiger partial charge in [0.15, 0.2) is 12.3 Å². The second kappa shape index (κ2) is 14.0. The number of aliphatic hydroxyl groups excluding tert-OH is 5. The highest BCUT2D eigenvalue weighted by molar-refractivity contribution is 8.00. The zero-order valence-corrected chi connectivity index (χ0v) is 21.2. The Morgan fingerprint density at radius 3 is 1.44 bits per heavy atom. The van der Waals surface area contributed by atoms with Gasteiger partial charge in [-0.15, -0.1) is 0 Å². The van der Waals surface area contributed by atoms with Crippen molar-refractivity contribution in [3.63, 3.8) is 0 Å². The Kier molecular flexibility index (Phi) is 11.4. The van der Waals surface area contributed by atoms with Crippen LogP contribution < -0.4 is 0 Å². The molecule has 200 valence electrons. The molecule has 0 saturated carbocycles. The number of aliphatic hydroxyl groups is 5. The van der Waals surface area contributed by atoms with Gasteiger partial charge in [-0.3, -0.25) is 0 Å². The zero-order chi connectivity index (χ0) is 26.2. The summed E-state index contributed by atoms with van der Waals surface area (Å²) in [4.78, 5) is 1.72. The third kappa shape index (κ3) is 7.40. The Balaban J connectivity index is 0.000000201. The molecule has 36 heavy (non-hydrogen) atoms. The number of ether oxygens (including phenoxy) is 2. The van der Waals surface area contributed by atoms with Crippen LogP contribution >= 0.6 is 23.5 Å². The number of alkyl halides is 2. The predicted octanol–water partition coefficient (Wildman–Crippen LogP) is 2.53. The van der Waals surface area contributed by atoms with Crippen molar-refractivity contribution in [2.24, 2.45) is 0 Å². The van der Waals surface area contributed by atoms with Crippen molar-refractivity contribution < 1.29 is 43.8 Å². The summed E-state index contributed by atoms with van der Waals surface area (Å²) < 4.78 is 38.3. The van der Waals surface area contributed by atoms with E-state index in [0.717, 1.165) is 21.6 Å². The van der Waals surface area contributed by atoms with Gasteiger partial charge in [0.25, 0.3) is 0 Å². The molecular formula is C25H32F2O7S2. The van der Waals surface area contributed by atoms with Gasteiger partial charge in [0, 0.05) is 9.79 Å². The lowest BCUT2D eigenvalue weighted by atomic mass is 10.00. The average Bonchev–Trinajstić information content (AvgIpc) is 2.91. The van der Waals surface area contributed by atoms with Crippen molar-refractivity contribution in [3.05, 3.63) is 60.7 Å². The van der Waals surface area contributed by atoms with E-state index in [4.69, 9.17) is 14.6 Å². The summed E-state index contributed by atoms with van der Waals surface area (Å²) in [7, 11) is 0. The third-order valence-corrected chi connectivity index (χ3v) is 8.15. The maximum Gasteiger partial charge on any atom is 0.158 e. The minimum Gasteiger partial charge on any atom is -0.394 e. The summed E-state index contributed by atoms with van der Waals surface area (Å²) in [6.07, 6.45) is -10.0. The number of benzene rings is 2. The van der Waals surface area contributed by atoms with Gasteiger partial charge >= 0.3 is 0 Å². The monoisotopic (exact) mass is 546 g/mol. The minimum atomic E-state index is -1.82. The zero-order valence-electron chi connectivity index (χ0n) is 19.6. The molecule has 0 aromatic heterocycles. The SMILES string of the molecule is CC[C@H]1O[C@@H](Sc2ccccc2)[C@H](O)[C@@H](F)[C@@H]1O.OC[C@H]1O[C@@H](Sc2ccccc2)[C@H](O)[C@@H](F)[C@@H]1O. The number of halogens is 2. The molecule has 0 spiro atoms. The van der Waals surface area contributed by atoms with Gasteiger partial charge < -0.3 is 35.0 Å². The van der Waals surface area contributed by atoms with Crippen molar-refractivity contribution in [3.8, 4) is 0 Å². The lowest BCUT2D eigenvalue weighted by molar-refractivity contribution is -0.186. The van der Waals surface area contributed by atoms with E-state index >= 15 is 0 Å². The Hall–Kier alpha value is -1.28. The van der Waals surface area contributed by atoms with Crippen LogP contribution in [-0.2, 0) is 9.47 Å². The quantitative estimate of drug-likeness (QED) is 0.372. The highest BCUT2D eigenvalue weighted by Crippen LogP contribution is 2.35. The number of hydrogen-bond acceptors (Lipinski definition) is 9. The van der Waals surface area contributed by atoms with Crippen molar-refractivity contribution >= 4 is 23.5 Å². The Labute approximate surface area is 217 Å². The summed E-state index contributed by atoms with van der Waals surface area (Å²) in [5.41, 5.74) is -1.53. The van der Waals surface area contributed by atoms with E-state index in [9.17, 15) is 29.2 Å². The van der Waals surface area contributed by atoms with Gasteiger partial charge in [0.05, 0.1) is 12.7 Å². The Morgan fingerprint density at radius 2 is 1.06 bits per heavy atom. The molecule has 0 unspecified atom stereocenters. The third-order valence-electron chi connectivity index (χ3n) is 5.82. The molecule has 2 saturated heterocycles. The average molecular weight is 547 g/mol. The fraction of sp³-hybridized carbons (Fsp3) is 0.520. The number of hydrogen-bond donors (Lipinski definition) is 5. The summed E-state index contributed by atoms with van der Waals surface area (Å²) in [5.74, 6) is 0. The van der Waals surface area contributed by atoms with Crippen molar-refractivity contribution in [1.82, 2.24) is 0 Å². The molecule has 0 aliphatic carbocycles. The van der Waals surface area contributed by atoms with Gasteiger partial charge in [-0.2, -0.15) is 0 Å². The molecule has 0 amide bonds. The molecule has 10 atom stereocenters. The second-order valence-corrected chi connectivity index (χ2v) is 10.7. The highest BCUT2D eigenvalue weighted by atomic mass is 32.2. The summed E-state index contributed by atoms with van der Waals surface area (Å²) >= 11 is 2.44. The summed E-state index contributed by atoms with van der Waals surface area (Å²) in [6.45, 7) is 1.34. The Morgan fingerprint density at radius 1 is 0.667 bits per heavy atom. The first-order valence-corrected chi connectivity index (χ1v) is 13.4. The molecule has 2 aliphatic heterocycles. The second-order valence-electron chi connectivity index (χ2n) is 8.39. The first-order valence-electron chi connectivity index (χ1n) is 11.6. The van der Waals surface area contributed by atoms with Crippen molar-refractivity contribution in [2.45, 2.75) is 83.0 Å². The van der Waals surface area contributed by atoms with Gasteiger partial charge in [-0.05, 0) is 30.7 Å². The Bertz CT molecular complexity index is 823. The van der Waals surface area contributed by atoms with Crippen LogP contribution in [0.5, 0.6) is 0 Å². The van der Waals surface area contributed by atoms with Crippen LogP contribution in [0.4, 0.5) is 8.78 Å². The van der Waals surface area contributed by atoms with E-state index in [1.807, 2.05) is 67.6 Å². The highest BCUT2D eigenvalue weighted by Gasteiger charge is 2.45. The van der Waals surface area contributed by atoms with Gasteiger partial charge in [0.1, 0.15) is 41.4 Å². The van der Waals surface area contributed by atoms with Gasteiger partial charge in [-0.25, -0.2) is 8.78 Å². The standard InChI is InChI=1S/C13H17FO3S.C12H15FO4S/c1-2-9-11(15)10(14)12(16)13(17-9)18-8-6-4-3-5-7-8;13-9-10(15)8(6-14)17-12(11(9)16)18-7-4-2-1-3-5-7/h3-7,9-13,15-16H,2H2,1H3;1-5,8-12,14-16H,6H2/t9-,10+,11-,12-,13+;8-,9+,10-,11-,12+/m11/s1. The van der Waals surface area contributed by atoms with E-state index in [2.05, 4.69) is 0 Å². The molecule has 0 bridgehead atoms. The molecule has 2 heterocycles. The smallest absolute Gasteiger partial charge is 0.158 e. The summed E-state index contributed by atoms with van der Waals surface area (Å²) in [5, 5.41) is 47.6. The molecule has 11 heteroatoms. The van der Waals surface area contributed by atoms with E-state index in [0.29, 0.717) is 6.42 Å². The molecule has 7 nitrogen and oxygen atoms in total. The maximum atomic E-state index is 13.8. The van der Waals surface area contributed by atoms with Crippen LogP contribution in [0, 0.1) is 0 Å². The van der Waals surface area contributed by atoms with Crippen LogP contribution in [0.1, 0.15) is 13.3 Å². The molecule has 2 aromatic rings. The van der Waals surface area contributed by atoms with E-state index in [1.54, 1.807) is 0 Å². The van der Waals surface area contributed by atoms with E-state index in [1.165, 1.54) is 11.8 Å². The number of rotatable bonds is 6. The lowest BCUT2D eigenvalue weighted by Gasteiger charge is -2.38. The first kappa shape index (κ1) is 29.3. The first-order chi connectivity index (χ1) is 17.3. The summed E-state index contributed by atoms with van der Waals surface area (Å²) in [6, 6.07) is 18.5. The minimum absolute atomic E-state index is 0.486. The van der Waals surface area contributed by atoms with E-state index < -0.39 is 66.4 Å². The van der Waals surface area contributed by atoms with Crippen LogP contribution in [0.3, 0.4) is 0 Å². The van der Waals surface area contributed by atoms with Crippen LogP contribution in [0.2, 0.25) is 0 Å². The van der Waals surface area contributed by atoms with Gasteiger partial charge in [-0.1, -0.05) is 66.8 Å². The van der Waals surface area contributed by atoms with Crippen LogP contribution in [-0.4, -0.2) is 92.0 Å². The molecule has 0 radical (unpaired) electrons. The van der Waals surface area contributed by atoms with Crippen molar-refractivity contribution in [1.29, 1.82) is 0 Å². The molecule has 2 aromatic carbocycles. The molecule has 2 aliphatic rings. The molecule has 5 N–H and O–H groups in total. The maximum absolute atomic E-state index is 13.8. The number of thioether (sulfide) groups is 2. The molecule has 2 fully saturated rings. The normalized spacial score (nSPS) is 36.6. The predicted molar refractivity (Wildman–Crippen MR) is 133 cm³/mol. The van der Waals surface area contributed by atoms with Crippen LogP contribution in [0.25, 0.3) is 0 Å². The fourth-order valence-corrected chi connectivity index (χ4v) is 5.87. The van der Waals surface area contributed by atoms with Crippen LogP contribution in [0.15, 0.2) is 70.5 Å². The topological polar surface area (TPSA) is 120 Å². The molecular weight excluding hydrogens is 514 g/mol.